The second kappa shape index (κ2) is 7.65. The van der Waals surface area contributed by atoms with E-state index in [-0.39, 0.29) is 30.5 Å². The predicted molar refractivity (Wildman–Crippen MR) is 91.2 cm³/mol. The third-order valence-corrected chi connectivity index (χ3v) is 4.24. The highest BCUT2D eigenvalue weighted by Gasteiger charge is 2.36. The molecule has 0 amide bonds. The predicted octanol–water partition coefficient (Wildman–Crippen LogP) is 2.31. The Bertz CT molecular complexity index is 462. The molecule has 1 atom stereocenters. The van der Waals surface area contributed by atoms with Crippen LogP contribution in [-0.4, -0.2) is 42.8 Å². The van der Waals surface area contributed by atoms with E-state index in [1.54, 1.807) is 6.07 Å². The van der Waals surface area contributed by atoms with Gasteiger partial charge in [0.1, 0.15) is 0 Å². The average Bonchev–Trinajstić information content (AvgIpc) is 2.44. The van der Waals surface area contributed by atoms with Gasteiger partial charge >= 0.3 is 0 Å². The lowest BCUT2D eigenvalue weighted by Gasteiger charge is -2.44. The minimum absolute atomic E-state index is 0. The Morgan fingerprint density at radius 2 is 2.00 bits per heavy atom. The van der Waals surface area contributed by atoms with E-state index in [0.717, 1.165) is 37.4 Å². The number of piperazine rings is 1. The van der Waals surface area contributed by atoms with Crippen molar-refractivity contribution in [2.24, 2.45) is 5.41 Å². The van der Waals surface area contributed by atoms with E-state index < -0.39 is 0 Å². The number of hydrogen-bond donors (Lipinski definition) is 3. The minimum Gasteiger partial charge on any atom is -0.398 e. The zero-order chi connectivity index (χ0) is 14.8. The van der Waals surface area contributed by atoms with Gasteiger partial charge in [-0.2, -0.15) is 0 Å². The number of halogens is 2. The third kappa shape index (κ3) is 4.24. The zero-order valence-electron chi connectivity index (χ0n) is 12.6. The zero-order valence-corrected chi connectivity index (χ0v) is 14.2. The molecule has 6 heteroatoms. The fraction of sp³-hybridized carbons (Fsp3) is 0.600. The highest BCUT2D eigenvalue weighted by atomic mass is 35.5. The van der Waals surface area contributed by atoms with Gasteiger partial charge in [0.25, 0.3) is 0 Å². The molecule has 21 heavy (non-hydrogen) atoms. The minimum atomic E-state index is -0.282. The monoisotopic (exact) mass is 333 g/mol. The number of nitrogens with zero attached hydrogens (tertiary/aromatic N) is 1. The Morgan fingerprint density at radius 1 is 1.38 bits per heavy atom. The van der Waals surface area contributed by atoms with Crippen LogP contribution in [0.25, 0.3) is 0 Å². The summed E-state index contributed by atoms with van der Waals surface area (Å²) in [5.74, 6) is 0. The van der Waals surface area contributed by atoms with E-state index in [1.807, 2.05) is 12.1 Å². The van der Waals surface area contributed by atoms with Crippen LogP contribution in [0.5, 0.6) is 0 Å². The van der Waals surface area contributed by atoms with Crippen LogP contribution in [0.3, 0.4) is 0 Å². The molecule has 1 aromatic carbocycles. The maximum Gasteiger partial charge on any atom is 0.0500 e. The number of benzene rings is 1. The molecule has 0 aromatic heterocycles. The van der Waals surface area contributed by atoms with Crippen molar-refractivity contribution in [3.63, 3.8) is 0 Å². The van der Waals surface area contributed by atoms with Crippen LogP contribution in [0.15, 0.2) is 18.2 Å². The van der Waals surface area contributed by atoms with Crippen molar-refractivity contribution >= 4 is 29.7 Å². The number of anilines is 1. The summed E-state index contributed by atoms with van der Waals surface area (Å²) in [7, 11) is 0. The molecule has 0 bridgehead atoms. The standard InChI is InChI=1S/C15H24ClN3O.ClH/c1-15(2,10-20)14(19-7-5-18-6-8-19)12-9-11(16)3-4-13(12)17;/h3-4,9,14,18,20H,5-8,10,17H2,1-2H3;1H/t14-;/m0./s1. The second-order valence-electron chi connectivity index (χ2n) is 6.11. The largest absolute Gasteiger partial charge is 0.398 e. The van der Waals surface area contributed by atoms with Gasteiger partial charge in [-0.3, -0.25) is 4.90 Å². The van der Waals surface area contributed by atoms with Crippen molar-refractivity contribution in [3.8, 4) is 0 Å². The fourth-order valence-corrected chi connectivity index (χ4v) is 3.10. The van der Waals surface area contributed by atoms with E-state index in [0.29, 0.717) is 5.02 Å². The van der Waals surface area contributed by atoms with Crippen molar-refractivity contribution in [3.05, 3.63) is 28.8 Å². The first-order valence-electron chi connectivity index (χ1n) is 7.06. The van der Waals surface area contributed by atoms with Crippen LogP contribution >= 0.6 is 24.0 Å². The van der Waals surface area contributed by atoms with Gasteiger partial charge in [0, 0.05) is 55.0 Å². The van der Waals surface area contributed by atoms with Crippen LogP contribution in [0, 0.1) is 5.41 Å². The van der Waals surface area contributed by atoms with Crippen LogP contribution in [0.2, 0.25) is 5.02 Å². The molecule has 120 valence electrons. The molecule has 0 unspecified atom stereocenters. The number of aliphatic hydroxyl groups excluding tert-OH is 1. The topological polar surface area (TPSA) is 61.5 Å². The SMILES string of the molecule is CC(C)(CO)[C@H](c1cc(Cl)ccc1N)N1CCNCC1.Cl. The summed E-state index contributed by atoms with van der Waals surface area (Å²) in [6, 6.07) is 5.65. The average molecular weight is 334 g/mol. The molecule has 4 nitrogen and oxygen atoms in total. The molecule has 0 spiro atoms. The molecule has 1 aliphatic rings. The van der Waals surface area contributed by atoms with Gasteiger partial charge < -0.3 is 16.2 Å². The lowest BCUT2D eigenvalue weighted by molar-refractivity contribution is 0.0309. The third-order valence-electron chi connectivity index (χ3n) is 4.01. The summed E-state index contributed by atoms with van der Waals surface area (Å²) in [5, 5.41) is 13.8. The molecule has 0 aliphatic carbocycles. The van der Waals surface area contributed by atoms with Gasteiger partial charge in [-0.25, -0.2) is 0 Å². The summed E-state index contributed by atoms with van der Waals surface area (Å²) < 4.78 is 0. The van der Waals surface area contributed by atoms with Gasteiger partial charge in [0.15, 0.2) is 0 Å². The fourth-order valence-electron chi connectivity index (χ4n) is 2.92. The van der Waals surface area contributed by atoms with Crippen molar-refractivity contribution in [2.75, 3.05) is 38.5 Å². The number of rotatable bonds is 4. The van der Waals surface area contributed by atoms with Crippen molar-refractivity contribution in [1.82, 2.24) is 10.2 Å². The van der Waals surface area contributed by atoms with Crippen LogP contribution in [0.4, 0.5) is 5.69 Å². The number of nitrogens with one attached hydrogen (secondary N) is 1. The molecular weight excluding hydrogens is 309 g/mol. The lowest BCUT2D eigenvalue weighted by atomic mass is 9.79. The van der Waals surface area contributed by atoms with Gasteiger partial charge in [-0.15, -0.1) is 12.4 Å². The first kappa shape index (κ1) is 18.5. The van der Waals surface area contributed by atoms with E-state index >= 15 is 0 Å². The van der Waals surface area contributed by atoms with Crippen molar-refractivity contribution in [1.29, 1.82) is 0 Å². The Hall–Kier alpha value is -0.520. The van der Waals surface area contributed by atoms with E-state index in [1.165, 1.54) is 0 Å². The molecule has 1 fully saturated rings. The summed E-state index contributed by atoms with van der Waals surface area (Å²) in [6.07, 6.45) is 0. The maximum absolute atomic E-state index is 9.80. The molecule has 1 aromatic rings. The number of nitrogen functional groups attached to an aromatic ring is 1. The summed E-state index contributed by atoms with van der Waals surface area (Å²) in [5.41, 5.74) is 7.63. The van der Waals surface area contributed by atoms with Crippen LogP contribution in [0.1, 0.15) is 25.5 Å². The Kier molecular flexibility index (Phi) is 6.75. The quantitative estimate of drug-likeness (QED) is 0.740. The first-order chi connectivity index (χ1) is 9.45. The normalized spacial score (nSPS) is 18.1. The number of aliphatic hydroxyl groups is 1. The molecular formula is C15H25Cl2N3O. The van der Waals surface area contributed by atoms with Gasteiger partial charge in [-0.05, 0) is 23.8 Å². The van der Waals surface area contributed by atoms with Crippen LogP contribution < -0.4 is 11.1 Å². The lowest BCUT2D eigenvalue weighted by Crippen LogP contribution is -2.49. The highest BCUT2D eigenvalue weighted by molar-refractivity contribution is 6.30. The highest BCUT2D eigenvalue weighted by Crippen LogP contribution is 2.41. The molecule has 1 heterocycles. The summed E-state index contributed by atoms with van der Waals surface area (Å²) >= 11 is 6.14. The van der Waals surface area contributed by atoms with Gasteiger partial charge in [0.2, 0.25) is 0 Å². The molecule has 4 N–H and O–H groups in total. The van der Waals surface area contributed by atoms with Gasteiger partial charge in [0.05, 0.1) is 0 Å². The van der Waals surface area contributed by atoms with E-state index in [9.17, 15) is 5.11 Å². The maximum atomic E-state index is 9.80. The Labute approximate surface area is 138 Å². The van der Waals surface area contributed by atoms with Gasteiger partial charge in [-0.1, -0.05) is 25.4 Å². The number of hydrogen-bond acceptors (Lipinski definition) is 4. The number of nitrogens with two attached hydrogens (primary N) is 1. The Balaban J connectivity index is 0.00000220. The molecule has 1 saturated heterocycles. The van der Waals surface area contributed by atoms with Crippen molar-refractivity contribution < 1.29 is 5.11 Å². The summed E-state index contributed by atoms with van der Waals surface area (Å²) in [4.78, 5) is 2.38. The van der Waals surface area contributed by atoms with Crippen LogP contribution in [-0.2, 0) is 0 Å². The Morgan fingerprint density at radius 3 is 2.57 bits per heavy atom. The molecule has 0 radical (unpaired) electrons. The molecule has 1 aliphatic heterocycles. The van der Waals surface area contributed by atoms with E-state index in [4.69, 9.17) is 17.3 Å². The summed E-state index contributed by atoms with van der Waals surface area (Å²) in [6.45, 7) is 8.05. The first-order valence-corrected chi connectivity index (χ1v) is 7.44. The van der Waals surface area contributed by atoms with E-state index in [2.05, 4.69) is 24.1 Å². The molecule has 0 saturated carbocycles. The molecule has 2 rings (SSSR count). The van der Waals surface area contributed by atoms with Crippen molar-refractivity contribution in [2.45, 2.75) is 19.9 Å². The smallest absolute Gasteiger partial charge is 0.0500 e. The second-order valence-corrected chi connectivity index (χ2v) is 6.54.